The summed E-state index contributed by atoms with van der Waals surface area (Å²) in [7, 11) is 0. The number of rotatable bonds is 4. The molecule has 3 aliphatic rings. The van der Waals surface area contributed by atoms with Gasteiger partial charge in [-0.25, -0.2) is 0 Å². The van der Waals surface area contributed by atoms with Crippen LogP contribution in [0.25, 0.3) is 0 Å². The van der Waals surface area contributed by atoms with Crippen molar-refractivity contribution in [3.05, 3.63) is 0 Å². The molecular formula is C16H31Cl2N3O2. The zero-order valence-electron chi connectivity index (χ0n) is 14.0. The molecule has 1 unspecified atom stereocenters. The van der Waals surface area contributed by atoms with Gasteiger partial charge in [0.2, 0.25) is 5.91 Å². The third-order valence-corrected chi connectivity index (χ3v) is 5.45. The summed E-state index contributed by atoms with van der Waals surface area (Å²) in [6.07, 6.45) is 2.40. The third kappa shape index (κ3) is 5.46. The summed E-state index contributed by atoms with van der Waals surface area (Å²) in [6, 6.07) is 0. The highest BCUT2D eigenvalue weighted by molar-refractivity contribution is 5.85. The van der Waals surface area contributed by atoms with Crippen LogP contribution in [0.1, 0.15) is 19.8 Å². The smallest absolute Gasteiger partial charge is 0.225 e. The van der Waals surface area contributed by atoms with Crippen molar-refractivity contribution < 1.29 is 9.53 Å². The van der Waals surface area contributed by atoms with Gasteiger partial charge < -0.3 is 15.0 Å². The molecule has 0 aromatic heterocycles. The summed E-state index contributed by atoms with van der Waals surface area (Å²) >= 11 is 0. The predicted octanol–water partition coefficient (Wildman–Crippen LogP) is 1.26. The number of nitrogens with zero attached hydrogens (tertiary/aromatic N) is 2. The standard InChI is InChI=1S/C16H29N3O2.2ClH/c1-13(15-10-17-11-15)16(20)19-6-4-18(5-7-19)12-14-2-8-21-9-3-14;;/h13-15,17H,2-12H2,1H3;2*1H. The topological polar surface area (TPSA) is 44.8 Å². The fourth-order valence-electron chi connectivity index (χ4n) is 3.60. The average Bonchev–Trinajstić information content (AvgIpc) is 2.46. The van der Waals surface area contributed by atoms with E-state index in [1.807, 2.05) is 0 Å². The molecule has 0 radical (unpaired) electrons. The lowest BCUT2D eigenvalue weighted by molar-refractivity contribution is -0.139. The van der Waals surface area contributed by atoms with Crippen molar-refractivity contribution in [3.8, 4) is 0 Å². The number of hydrogen-bond donors (Lipinski definition) is 1. The second-order valence-corrected chi connectivity index (χ2v) is 6.89. The Morgan fingerprint density at radius 3 is 2.26 bits per heavy atom. The van der Waals surface area contributed by atoms with Gasteiger partial charge in [0.1, 0.15) is 0 Å². The van der Waals surface area contributed by atoms with Gasteiger partial charge in [-0.2, -0.15) is 0 Å². The fourth-order valence-corrected chi connectivity index (χ4v) is 3.60. The van der Waals surface area contributed by atoms with Crippen LogP contribution in [-0.2, 0) is 9.53 Å². The van der Waals surface area contributed by atoms with E-state index in [4.69, 9.17) is 4.74 Å². The van der Waals surface area contributed by atoms with Crippen LogP contribution < -0.4 is 5.32 Å². The average molecular weight is 368 g/mol. The maximum Gasteiger partial charge on any atom is 0.225 e. The third-order valence-electron chi connectivity index (χ3n) is 5.45. The van der Waals surface area contributed by atoms with Crippen molar-refractivity contribution in [3.63, 3.8) is 0 Å². The Hall–Kier alpha value is -0.0700. The zero-order valence-corrected chi connectivity index (χ0v) is 15.7. The number of carbonyl (C=O) groups excluding carboxylic acids is 1. The molecule has 0 spiro atoms. The second kappa shape index (κ2) is 10.0. The quantitative estimate of drug-likeness (QED) is 0.812. The number of nitrogens with one attached hydrogen (secondary N) is 1. The highest BCUT2D eigenvalue weighted by atomic mass is 35.5. The van der Waals surface area contributed by atoms with E-state index in [9.17, 15) is 4.79 Å². The van der Waals surface area contributed by atoms with Gasteiger partial charge in [0.05, 0.1) is 0 Å². The first kappa shape index (κ1) is 21.0. The van der Waals surface area contributed by atoms with E-state index >= 15 is 0 Å². The largest absolute Gasteiger partial charge is 0.381 e. The number of piperazine rings is 1. The van der Waals surface area contributed by atoms with E-state index in [0.29, 0.717) is 11.8 Å². The number of halogens is 2. The molecule has 3 rings (SSSR count). The molecular weight excluding hydrogens is 337 g/mol. The Morgan fingerprint density at radius 2 is 1.74 bits per heavy atom. The Bertz CT molecular complexity index is 355. The highest BCUT2D eigenvalue weighted by Gasteiger charge is 2.33. The van der Waals surface area contributed by atoms with Crippen LogP contribution in [-0.4, -0.2) is 74.7 Å². The molecule has 0 bridgehead atoms. The molecule has 0 saturated carbocycles. The highest BCUT2D eigenvalue weighted by Crippen LogP contribution is 2.20. The van der Waals surface area contributed by atoms with Gasteiger partial charge in [0, 0.05) is 51.9 Å². The summed E-state index contributed by atoms with van der Waals surface area (Å²) in [4.78, 5) is 17.1. The van der Waals surface area contributed by atoms with Crippen LogP contribution >= 0.6 is 24.8 Å². The molecule has 7 heteroatoms. The van der Waals surface area contributed by atoms with E-state index in [1.165, 1.54) is 19.4 Å². The van der Waals surface area contributed by atoms with Gasteiger partial charge in [-0.3, -0.25) is 9.69 Å². The molecule has 3 saturated heterocycles. The van der Waals surface area contributed by atoms with Crippen LogP contribution in [0.3, 0.4) is 0 Å². The van der Waals surface area contributed by atoms with Crippen LogP contribution in [0, 0.1) is 17.8 Å². The second-order valence-electron chi connectivity index (χ2n) is 6.89. The summed E-state index contributed by atoms with van der Waals surface area (Å²) in [5, 5.41) is 3.26. The van der Waals surface area contributed by atoms with Crippen molar-refractivity contribution in [2.45, 2.75) is 19.8 Å². The molecule has 3 heterocycles. The van der Waals surface area contributed by atoms with Gasteiger partial charge in [-0.1, -0.05) is 6.92 Å². The minimum absolute atomic E-state index is 0. The molecule has 136 valence electrons. The molecule has 3 fully saturated rings. The molecule has 5 nitrogen and oxygen atoms in total. The van der Waals surface area contributed by atoms with Gasteiger partial charge in [0.25, 0.3) is 0 Å². The fraction of sp³-hybridized carbons (Fsp3) is 0.938. The summed E-state index contributed by atoms with van der Waals surface area (Å²) in [5.41, 5.74) is 0. The minimum Gasteiger partial charge on any atom is -0.381 e. The number of hydrogen-bond acceptors (Lipinski definition) is 4. The number of ether oxygens (including phenoxy) is 1. The van der Waals surface area contributed by atoms with Crippen LogP contribution in [0.15, 0.2) is 0 Å². The summed E-state index contributed by atoms with van der Waals surface area (Å²) < 4.78 is 5.43. The Balaban J connectivity index is 0.00000132. The minimum atomic E-state index is 0. The maximum absolute atomic E-state index is 12.5. The van der Waals surface area contributed by atoms with E-state index in [2.05, 4.69) is 22.0 Å². The Kier molecular flexibility index (Phi) is 9.16. The first-order valence-electron chi connectivity index (χ1n) is 8.53. The SMILES string of the molecule is CC(C(=O)N1CCN(CC2CCOCC2)CC1)C1CNC1.Cl.Cl. The van der Waals surface area contributed by atoms with Crippen molar-refractivity contribution >= 4 is 30.7 Å². The first-order valence-corrected chi connectivity index (χ1v) is 8.53. The van der Waals surface area contributed by atoms with Gasteiger partial charge >= 0.3 is 0 Å². The normalized spacial score (nSPS) is 25.0. The van der Waals surface area contributed by atoms with Gasteiger partial charge in [-0.05, 0) is 37.8 Å². The van der Waals surface area contributed by atoms with Crippen molar-refractivity contribution in [1.29, 1.82) is 0 Å². The van der Waals surface area contributed by atoms with Gasteiger partial charge in [-0.15, -0.1) is 24.8 Å². The molecule has 3 aliphatic heterocycles. The Morgan fingerprint density at radius 1 is 1.13 bits per heavy atom. The van der Waals surface area contributed by atoms with Crippen LogP contribution in [0.2, 0.25) is 0 Å². The summed E-state index contributed by atoms with van der Waals surface area (Å²) in [6.45, 7) is 11.1. The van der Waals surface area contributed by atoms with Crippen molar-refractivity contribution in [1.82, 2.24) is 15.1 Å². The lowest BCUT2D eigenvalue weighted by Gasteiger charge is -2.40. The van der Waals surface area contributed by atoms with Crippen LogP contribution in [0.4, 0.5) is 0 Å². The lowest BCUT2D eigenvalue weighted by atomic mass is 9.88. The lowest BCUT2D eigenvalue weighted by Crippen LogP contribution is -2.55. The molecule has 1 N–H and O–H groups in total. The molecule has 1 atom stereocenters. The first-order chi connectivity index (χ1) is 10.2. The van der Waals surface area contributed by atoms with Crippen molar-refractivity contribution in [2.24, 2.45) is 17.8 Å². The van der Waals surface area contributed by atoms with Crippen LogP contribution in [0.5, 0.6) is 0 Å². The van der Waals surface area contributed by atoms with E-state index in [-0.39, 0.29) is 30.7 Å². The molecule has 0 aromatic rings. The van der Waals surface area contributed by atoms with E-state index in [0.717, 1.165) is 58.4 Å². The Labute approximate surface area is 152 Å². The van der Waals surface area contributed by atoms with E-state index in [1.54, 1.807) is 0 Å². The monoisotopic (exact) mass is 367 g/mol. The van der Waals surface area contributed by atoms with E-state index < -0.39 is 0 Å². The molecule has 0 aliphatic carbocycles. The molecule has 0 aromatic carbocycles. The maximum atomic E-state index is 12.5. The zero-order chi connectivity index (χ0) is 14.7. The number of amides is 1. The van der Waals surface area contributed by atoms with Gasteiger partial charge in [0.15, 0.2) is 0 Å². The predicted molar refractivity (Wildman–Crippen MR) is 96.6 cm³/mol. The molecule has 1 amide bonds. The number of carbonyl (C=O) groups is 1. The molecule has 23 heavy (non-hydrogen) atoms. The van der Waals surface area contributed by atoms with Crippen molar-refractivity contribution in [2.75, 3.05) is 59.0 Å². The summed E-state index contributed by atoms with van der Waals surface area (Å²) in [5.74, 6) is 1.90.